The van der Waals surface area contributed by atoms with Crippen molar-refractivity contribution in [3.8, 4) is 22.9 Å². The van der Waals surface area contributed by atoms with Crippen molar-refractivity contribution >= 4 is 24.1 Å². The van der Waals surface area contributed by atoms with Gasteiger partial charge in [-0.2, -0.15) is 14.9 Å². The maximum Gasteiger partial charge on any atom is 0.216 e. The first-order chi connectivity index (χ1) is 13.0. The molecule has 0 fully saturated rings. The van der Waals surface area contributed by atoms with Crippen molar-refractivity contribution in [3.05, 3.63) is 52.8 Å². The number of benzene rings is 2. The van der Waals surface area contributed by atoms with E-state index >= 15 is 0 Å². The van der Waals surface area contributed by atoms with E-state index in [4.69, 9.17) is 21.7 Å². The van der Waals surface area contributed by atoms with Crippen molar-refractivity contribution in [2.45, 2.75) is 0 Å². The summed E-state index contributed by atoms with van der Waals surface area (Å²) in [6.45, 7) is 0. The summed E-state index contributed by atoms with van der Waals surface area (Å²) in [5.74, 6) is 1.84. The molecular weight excluding hydrogens is 362 g/mol. The van der Waals surface area contributed by atoms with Crippen LogP contribution in [0.25, 0.3) is 11.4 Å². The number of rotatable bonds is 6. The highest BCUT2D eigenvalue weighted by atomic mass is 32.1. The fraction of sp³-hybridized carbons (Fsp3) is 0.211. The van der Waals surface area contributed by atoms with Gasteiger partial charge in [-0.1, -0.05) is 12.1 Å². The van der Waals surface area contributed by atoms with Crippen LogP contribution in [0.3, 0.4) is 0 Å². The van der Waals surface area contributed by atoms with Gasteiger partial charge in [-0.05, 0) is 48.1 Å². The van der Waals surface area contributed by atoms with Gasteiger partial charge in [0.2, 0.25) is 4.77 Å². The van der Waals surface area contributed by atoms with E-state index < -0.39 is 0 Å². The quantitative estimate of drug-likeness (QED) is 0.521. The first-order valence-corrected chi connectivity index (χ1v) is 8.66. The number of ether oxygens (including phenoxy) is 2. The van der Waals surface area contributed by atoms with E-state index in [1.165, 1.54) is 0 Å². The number of nitrogens with zero attached hydrogens (tertiary/aromatic N) is 4. The Morgan fingerprint density at radius 2 is 1.78 bits per heavy atom. The number of anilines is 1. The molecule has 0 aliphatic carbocycles. The maximum absolute atomic E-state index is 5.36. The summed E-state index contributed by atoms with van der Waals surface area (Å²) in [4.78, 5) is 2.04. The lowest BCUT2D eigenvalue weighted by Crippen LogP contribution is -2.08. The second-order valence-corrected chi connectivity index (χ2v) is 6.35. The Bertz CT molecular complexity index is 1010. The van der Waals surface area contributed by atoms with Crippen LogP contribution >= 0.6 is 12.2 Å². The Hall–Kier alpha value is -3.13. The van der Waals surface area contributed by atoms with Crippen LogP contribution in [0, 0.1) is 4.77 Å². The van der Waals surface area contributed by atoms with E-state index in [1.807, 2.05) is 61.5 Å². The molecule has 8 heteroatoms. The molecule has 0 bridgehead atoms. The predicted octanol–water partition coefficient (Wildman–Crippen LogP) is 3.57. The topological polar surface area (TPSA) is 67.7 Å². The summed E-state index contributed by atoms with van der Waals surface area (Å²) in [5.41, 5.74) is 2.89. The fourth-order valence-corrected chi connectivity index (χ4v) is 2.72. The molecule has 0 aliphatic heterocycles. The zero-order valence-electron chi connectivity index (χ0n) is 15.6. The number of methoxy groups -OCH3 is 2. The summed E-state index contributed by atoms with van der Waals surface area (Å²) in [6.07, 6.45) is 1.75. The Morgan fingerprint density at radius 3 is 2.41 bits per heavy atom. The Kier molecular flexibility index (Phi) is 5.56. The molecule has 0 atom stereocenters. The van der Waals surface area contributed by atoms with Gasteiger partial charge < -0.3 is 14.4 Å². The van der Waals surface area contributed by atoms with Crippen LogP contribution in [0.1, 0.15) is 5.56 Å². The normalized spacial score (nSPS) is 11.0. The highest BCUT2D eigenvalue weighted by Gasteiger charge is 2.12. The molecule has 0 spiro atoms. The number of hydrogen-bond donors (Lipinski definition) is 1. The summed E-state index contributed by atoms with van der Waals surface area (Å²) < 4.78 is 12.6. The van der Waals surface area contributed by atoms with Gasteiger partial charge in [-0.25, -0.2) is 5.10 Å². The molecule has 2 aromatic carbocycles. The zero-order valence-corrected chi connectivity index (χ0v) is 16.4. The lowest BCUT2D eigenvalue weighted by Gasteiger charge is -2.11. The summed E-state index contributed by atoms with van der Waals surface area (Å²) in [5, 5.41) is 11.6. The summed E-state index contributed by atoms with van der Waals surface area (Å²) in [6, 6.07) is 13.6. The van der Waals surface area contributed by atoms with Crippen molar-refractivity contribution in [1.29, 1.82) is 0 Å². The van der Waals surface area contributed by atoms with Crippen LogP contribution in [0.5, 0.6) is 11.5 Å². The molecule has 0 aliphatic rings. The Morgan fingerprint density at radius 1 is 1.07 bits per heavy atom. The summed E-state index contributed by atoms with van der Waals surface area (Å²) >= 11 is 5.32. The largest absolute Gasteiger partial charge is 0.493 e. The van der Waals surface area contributed by atoms with Gasteiger partial charge in [0.05, 0.1) is 20.4 Å². The molecule has 1 aromatic heterocycles. The van der Waals surface area contributed by atoms with E-state index in [-0.39, 0.29) is 0 Å². The molecule has 140 valence electrons. The van der Waals surface area contributed by atoms with Crippen molar-refractivity contribution < 1.29 is 9.47 Å². The maximum atomic E-state index is 5.36. The monoisotopic (exact) mass is 383 g/mol. The molecule has 0 saturated heterocycles. The number of aromatic nitrogens is 3. The second-order valence-electron chi connectivity index (χ2n) is 5.96. The minimum Gasteiger partial charge on any atom is -0.493 e. The standard InChI is InChI=1S/C19H21N5O2S/c1-23(2)15-8-5-13(6-9-15)12-20-24-18(21-22-19(24)27)14-7-10-16(25-3)17(11-14)26-4/h5-12H,1-4H3,(H,22,27)/b20-12+. The smallest absolute Gasteiger partial charge is 0.216 e. The molecule has 27 heavy (non-hydrogen) atoms. The highest BCUT2D eigenvalue weighted by Crippen LogP contribution is 2.31. The molecule has 3 rings (SSSR count). The molecule has 0 unspecified atom stereocenters. The minimum atomic E-state index is 0.404. The highest BCUT2D eigenvalue weighted by molar-refractivity contribution is 7.71. The van der Waals surface area contributed by atoms with E-state index in [0.29, 0.717) is 22.1 Å². The van der Waals surface area contributed by atoms with Gasteiger partial charge in [-0.3, -0.25) is 0 Å². The van der Waals surface area contributed by atoms with E-state index in [0.717, 1.165) is 16.8 Å². The van der Waals surface area contributed by atoms with Gasteiger partial charge in [0, 0.05) is 25.3 Å². The molecular formula is C19H21N5O2S. The molecule has 1 heterocycles. The van der Waals surface area contributed by atoms with Crippen LogP contribution in [-0.4, -0.2) is 49.4 Å². The lowest BCUT2D eigenvalue weighted by atomic mass is 10.2. The van der Waals surface area contributed by atoms with Crippen LogP contribution in [-0.2, 0) is 0 Å². The van der Waals surface area contributed by atoms with E-state index in [9.17, 15) is 0 Å². The van der Waals surface area contributed by atoms with Crippen LogP contribution < -0.4 is 14.4 Å². The first kappa shape index (κ1) is 18.7. The Balaban J connectivity index is 1.94. The van der Waals surface area contributed by atoms with Crippen LogP contribution in [0.15, 0.2) is 47.6 Å². The number of hydrogen-bond acceptors (Lipinski definition) is 6. The molecule has 7 nitrogen and oxygen atoms in total. The van der Waals surface area contributed by atoms with Crippen molar-refractivity contribution in [2.75, 3.05) is 33.2 Å². The van der Waals surface area contributed by atoms with Crippen molar-refractivity contribution in [2.24, 2.45) is 5.10 Å². The number of H-pyrrole nitrogens is 1. The molecule has 0 radical (unpaired) electrons. The number of aromatic amines is 1. The second kappa shape index (κ2) is 8.05. The molecule has 0 saturated carbocycles. The van der Waals surface area contributed by atoms with Gasteiger partial charge in [0.15, 0.2) is 17.3 Å². The molecule has 1 N–H and O–H groups in total. The van der Waals surface area contributed by atoms with Gasteiger partial charge in [0.1, 0.15) is 0 Å². The predicted molar refractivity (Wildman–Crippen MR) is 110 cm³/mol. The number of nitrogens with one attached hydrogen (secondary N) is 1. The third-order valence-corrected chi connectivity index (χ3v) is 4.29. The van der Waals surface area contributed by atoms with Crippen molar-refractivity contribution in [3.63, 3.8) is 0 Å². The van der Waals surface area contributed by atoms with E-state index in [2.05, 4.69) is 15.3 Å². The average Bonchev–Trinajstić information content (AvgIpc) is 3.06. The lowest BCUT2D eigenvalue weighted by molar-refractivity contribution is 0.355. The summed E-state index contributed by atoms with van der Waals surface area (Å²) in [7, 11) is 7.19. The zero-order chi connectivity index (χ0) is 19.4. The average molecular weight is 383 g/mol. The fourth-order valence-electron chi connectivity index (χ4n) is 2.54. The van der Waals surface area contributed by atoms with Crippen LogP contribution in [0.4, 0.5) is 5.69 Å². The third-order valence-electron chi connectivity index (χ3n) is 4.02. The third kappa shape index (κ3) is 4.01. The SMILES string of the molecule is COc1ccc(-c2n[nH]c(=S)n2/N=C/c2ccc(N(C)C)cc2)cc1OC. The van der Waals surface area contributed by atoms with Crippen LogP contribution in [0.2, 0.25) is 0 Å². The van der Waals surface area contributed by atoms with Gasteiger partial charge in [-0.15, -0.1) is 0 Å². The van der Waals surface area contributed by atoms with E-state index in [1.54, 1.807) is 25.1 Å². The first-order valence-electron chi connectivity index (χ1n) is 8.25. The molecule has 0 amide bonds. The Labute approximate surface area is 162 Å². The van der Waals surface area contributed by atoms with Gasteiger partial charge >= 0.3 is 0 Å². The van der Waals surface area contributed by atoms with Gasteiger partial charge in [0.25, 0.3) is 0 Å². The minimum absolute atomic E-state index is 0.404. The van der Waals surface area contributed by atoms with Crippen molar-refractivity contribution in [1.82, 2.24) is 14.9 Å². The molecule has 3 aromatic rings.